The van der Waals surface area contributed by atoms with Crippen molar-refractivity contribution in [2.24, 2.45) is 5.92 Å². The molecule has 1 aliphatic heterocycles. The summed E-state index contributed by atoms with van der Waals surface area (Å²) in [4.78, 5) is 30.8. The van der Waals surface area contributed by atoms with Crippen LogP contribution in [0.25, 0.3) is 0 Å². The van der Waals surface area contributed by atoms with Gasteiger partial charge in [-0.05, 0) is 19.8 Å². The summed E-state index contributed by atoms with van der Waals surface area (Å²) in [5.41, 5.74) is 2.41. The molecule has 0 radical (unpaired) electrons. The van der Waals surface area contributed by atoms with Gasteiger partial charge in [0.1, 0.15) is 0 Å². The Morgan fingerprint density at radius 2 is 2.00 bits per heavy atom. The Morgan fingerprint density at radius 3 is 2.63 bits per heavy atom. The lowest BCUT2D eigenvalue weighted by atomic mass is 10.1. The number of hydrogen-bond acceptors (Lipinski definition) is 3. The third-order valence-corrected chi connectivity index (χ3v) is 4.11. The highest BCUT2D eigenvalue weighted by Gasteiger charge is 2.37. The fraction of sp³-hybridized carbons (Fsp3) is 0.857. The zero-order valence-corrected chi connectivity index (χ0v) is 11.7. The minimum absolute atomic E-state index is 0.128. The molecule has 108 valence electrons. The second-order valence-corrected chi connectivity index (χ2v) is 5.49. The van der Waals surface area contributed by atoms with E-state index in [2.05, 4.69) is 5.48 Å². The molecule has 0 spiro atoms. The van der Waals surface area contributed by atoms with E-state index >= 15 is 0 Å². The third-order valence-electron chi connectivity index (χ3n) is 4.11. The number of carbonyl (C=O) groups excluding carboxylic acids is 2. The highest BCUT2D eigenvalue weighted by Crippen LogP contribution is 2.28. The fourth-order valence-corrected chi connectivity index (χ4v) is 3.06. The predicted molar refractivity (Wildman–Crippen MR) is 71.1 cm³/mol. The molecule has 1 saturated heterocycles. The first-order valence-corrected chi connectivity index (χ1v) is 7.43. The zero-order chi connectivity index (χ0) is 13.7. The van der Waals surface area contributed by atoms with Crippen molar-refractivity contribution in [2.45, 2.75) is 57.9 Å². The maximum absolute atomic E-state index is 12.1. The predicted octanol–water partition coefficient (Wildman–Crippen LogP) is 1.63. The largest absolute Gasteiger partial charge is 0.339 e. The molecule has 0 aromatic heterocycles. The van der Waals surface area contributed by atoms with Crippen LogP contribution in [0, 0.1) is 5.92 Å². The molecule has 0 aromatic carbocycles. The minimum Gasteiger partial charge on any atom is -0.339 e. The summed E-state index contributed by atoms with van der Waals surface area (Å²) in [5.74, 6) is -0.280. The average Bonchev–Trinajstić information content (AvgIpc) is 2.64. The molecule has 2 rings (SSSR count). The lowest BCUT2D eigenvalue weighted by Gasteiger charge is -2.27. The van der Waals surface area contributed by atoms with Gasteiger partial charge in [0.25, 0.3) is 0 Å². The highest BCUT2D eigenvalue weighted by molar-refractivity contribution is 5.88. The van der Waals surface area contributed by atoms with Crippen LogP contribution >= 0.6 is 0 Å². The second-order valence-electron chi connectivity index (χ2n) is 5.49. The van der Waals surface area contributed by atoms with Gasteiger partial charge in [-0.3, -0.25) is 14.4 Å². The monoisotopic (exact) mass is 268 g/mol. The summed E-state index contributed by atoms with van der Waals surface area (Å²) in [6.45, 7) is 2.82. The Morgan fingerprint density at radius 1 is 1.32 bits per heavy atom. The average molecular weight is 268 g/mol. The molecule has 2 fully saturated rings. The molecule has 1 N–H and O–H groups in total. The molecule has 0 bridgehead atoms. The van der Waals surface area contributed by atoms with Crippen molar-refractivity contribution < 1.29 is 14.4 Å². The topological polar surface area (TPSA) is 58.6 Å². The number of carbonyl (C=O) groups is 2. The molecular weight excluding hydrogens is 244 g/mol. The first-order chi connectivity index (χ1) is 9.22. The van der Waals surface area contributed by atoms with Gasteiger partial charge in [0.15, 0.2) is 0 Å². The standard InChI is InChI=1S/C14H24N2O3/c1-2-19-15-14(18)11-9-13(17)16(10-11)12-7-5-3-4-6-8-12/h11-12H,2-10H2,1H3,(H,15,18). The van der Waals surface area contributed by atoms with E-state index in [-0.39, 0.29) is 17.7 Å². The Balaban J connectivity index is 1.89. The van der Waals surface area contributed by atoms with Crippen molar-refractivity contribution in [1.82, 2.24) is 10.4 Å². The number of rotatable bonds is 4. The molecule has 2 amide bonds. The lowest BCUT2D eigenvalue weighted by Crippen LogP contribution is -2.38. The van der Waals surface area contributed by atoms with E-state index in [0.29, 0.717) is 25.6 Å². The van der Waals surface area contributed by atoms with Gasteiger partial charge in [-0.1, -0.05) is 25.7 Å². The number of likely N-dealkylation sites (tertiary alicyclic amines) is 1. The Kier molecular flexibility index (Phi) is 5.19. The number of nitrogens with one attached hydrogen (secondary N) is 1. The third kappa shape index (κ3) is 3.69. The van der Waals surface area contributed by atoms with Gasteiger partial charge in [-0.25, -0.2) is 5.48 Å². The summed E-state index contributed by atoms with van der Waals surface area (Å²) in [6, 6.07) is 0.347. The lowest BCUT2D eigenvalue weighted by molar-refractivity contribution is -0.137. The van der Waals surface area contributed by atoms with Crippen molar-refractivity contribution >= 4 is 11.8 Å². The van der Waals surface area contributed by atoms with Crippen LogP contribution in [0.1, 0.15) is 51.9 Å². The fourth-order valence-electron chi connectivity index (χ4n) is 3.06. The van der Waals surface area contributed by atoms with Gasteiger partial charge < -0.3 is 4.90 Å². The maximum atomic E-state index is 12.1. The molecule has 19 heavy (non-hydrogen) atoms. The number of hydrogen-bond donors (Lipinski definition) is 1. The SMILES string of the molecule is CCONC(=O)C1CC(=O)N(C2CCCCCC2)C1. The van der Waals surface area contributed by atoms with Crippen molar-refractivity contribution in [2.75, 3.05) is 13.2 Å². The van der Waals surface area contributed by atoms with E-state index in [4.69, 9.17) is 4.84 Å². The van der Waals surface area contributed by atoms with Gasteiger partial charge in [0, 0.05) is 19.0 Å². The van der Waals surface area contributed by atoms with Crippen LogP contribution < -0.4 is 5.48 Å². The van der Waals surface area contributed by atoms with Crippen molar-refractivity contribution in [3.63, 3.8) is 0 Å². The minimum atomic E-state index is -0.248. The van der Waals surface area contributed by atoms with E-state index in [9.17, 15) is 9.59 Å². The molecule has 5 nitrogen and oxygen atoms in total. The molecule has 1 heterocycles. The normalized spacial score (nSPS) is 25.4. The van der Waals surface area contributed by atoms with Crippen molar-refractivity contribution in [1.29, 1.82) is 0 Å². The van der Waals surface area contributed by atoms with Crippen LogP contribution in [0.15, 0.2) is 0 Å². The van der Waals surface area contributed by atoms with Crippen molar-refractivity contribution in [3.05, 3.63) is 0 Å². The maximum Gasteiger partial charge on any atom is 0.248 e. The summed E-state index contributed by atoms with van der Waals surface area (Å²) in [5, 5.41) is 0. The smallest absolute Gasteiger partial charge is 0.248 e. The summed E-state index contributed by atoms with van der Waals surface area (Å²) in [6.07, 6.45) is 7.45. The van der Waals surface area contributed by atoms with Crippen LogP contribution in [-0.4, -0.2) is 35.9 Å². The van der Waals surface area contributed by atoms with Crippen LogP contribution in [0.4, 0.5) is 0 Å². The first-order valence-electron chi connectivity index (χ1n) is 7.43. The molecular formula is C14H24N2O3. The molecule has 5 heteroatoms. The van der Waals surface area contributed by atoms with Crippen LogP contribution in [0.3, 0.4) is 0 Å². The highest BCUT2D eigenvalue weighted by atomic mass is 16.6. The summed E-state index contributed by atoms with van der Waals surface area (Å²) in [7, 11) is 0. The van der Waals surface area contributed by atoms with Crippen LogP contribution in [-0.2, 0) is 14.4 Å². The number of nitrogens with zero attached hydrogens (tertiary/aromatic N) is 1. The number of hydroxylamine groups is 1. The number of amides is 2. The Hall–Kier alpha value is -1.10. The van der Waals surface area contributed by atoms with E-state index in [0.717, 1.165) is 12.8 Å². The Bertz CT molecular complexity index is 325. The van der Waals surface area contributed by atoms with Gasteiger partial charge in [0.05, 0.1) is 12.5 Å². The van der Waals surface area contributed by atoms with E-state index in [1.807, 2.05) is 11.8 Å². The molecule has 2 aliphatic rings. The molecule has 1 unspecified atom stereocenters. The van der Waals surface area contributed by atoms with Gasteiger partial charge in [-0.15, -0.1) is 0 Å². The summed E-state index contributed by atoms with van der Waals surface area (Å²) < 4.78 is 0. The zero-order valence-electron chi connectivity index (χ0n) is 11.7. The molecule has 1 atom stereocenters. The van der Waals surface area contributed by atoms with Gasteiger partial charge in [-0.2, -0.15) is 0 Å². The Labute approximate surface area is 114 Å². The first kappa shape index (κ1) is 14.3. The van der Waals surface area contributed by atoms with Crippen LogP contribution in [0.2, 0.25) is 0 Å². The van der Waals surface area contributed by atoms with E-state index in [1.54, 1.807) is 0 Å². The van der Waals surface area contributed by atoms with Gasteiger partial charge in [0.2, 0.25) is 11.8 Å². The van der Waals surface area contributed by atoms with Gasteiger partial charge >= 0.3 is 0 Å². The summed E-state index contributed by atoms with van der Waals surface area (Å²) >= 11 is 0. The second kappa shape index (κ2) is 6.89. The molecule has 1 saturated carbocycles. The van der Waals surface area contributed by atoms with Crippen LogP contribution in [0.5, 0.6) is 0 Å². The van der Waals surface area contributed by atoms with Crippen molar-refractivity contribution in [3.8, 4) is 0 Å². The molecule has 0 aromatic rings. The van der Waals surface area contributed by atoms with E-state index in [1.165, 1.54) is 25.7 Å². The quantitative estimate of drug-likeness (QED) is 0.622. The molecule has 1 aliphatic carbocycles. The van der Waals surface area contributed by atoms with E-state index < -0.39 is 0 Å².